The zero-order valence-electron chi connectivity index (χ0n) is 15.6. The van der Waals surface area contributed by atoms with E-state index in [1.54, 1.807) is 0 Å². The molecule has 134 valence electrons. The fraction of sp³-hybridized carbons (Fsp3) is 0.650. The summed E-state index contributed by atoms with van der Waals surface area (Å²) in [6.45, 7) is 11.2. The summed E-state index contributed by atoms with van der Waals surface area (Å²) in [5.41, 5.74) is 1.98. The minimum Gasteiger partial charge on any atom is -0.493 e. The van der Waals surface area contributed by atoms with E-state index in [1.165, 1.54) is 24.0 Å². The van der Waals surface area contributed by atoms with Crippen molar-refractivity contribution in [3.63, 3.8) is 0 Å². The van der Waals surface area contributed by atoms with Gasteiger partial charge in [-0.25, -0.2) is 4.79 Å². The quantitative estimate of drug-likeness (QED) is 0.800. The molecule has 0 bridgehead atoms. The highest BCUT2D eigenvalue weighted by Crippen LogP contribution is 2.31. The van der Waals surface area contributed by atoms with Crippen molar-refractivity contribution in [3.8, 4) is 5.75 Å². The lowest BCUT2D eigenvalue weighted by Gasteiger charge is -2.21. The third-order valence-electron chi connectivity index (χ3n) is 3.95. The molecule has 0 saturated heterocycles. The molecule has 4 heteroatoms. The van der Waals surface area contributed by atoms with Gasteiger partial charge in [0.1, 0.15) is 11.4 Å². The third-order valence-corrected chi connectivity index (χ3v) is 3.95. The smallest absolute Gasteiger partial charge is 0.407 e. The first-order valence-electron chi connectivity index (χ1n) is 8.92. The summed E-state index contributed by atoms with van der Waals surface area (Å²) in [4.78, 5) is 11.8. The molecule has 1 amide bonds. The molecule has 1 aliphatic carbocycles. The third kappa shape index (κ3) is 6.81. The van der Waals surface area contributed by atoms with Crippen molar-refractivity contribution in [2.45, 2.75) is 59.5 Å². The number of aryl methyl sites for hydroxylation is 1. The summed E-state index contributed by atoms with van der Waals surface area (Å²) in [7, 11) is 0. The van der Waals surface area contributed by atoms with Crippen LogP contribution in [0.25, 0.3) is 0 Å². The molecule has 0 spiro atoms. The molecule has 1 aromatic rings. The first-order chi connectivity index (χ1) is 11.2. The minimum atomic E-state index is -0.465. The number of hydrogen-bond acceptors (Lipinski definition) is 3. The van der Waals surface area contributed by atoms with Crippen molar-refractivity contribution in [2.75, 3.05) is 13.2 Å². The summed E-state index contributed by atoms with van der Waals surface area (Å²) in [5, 5.41) is 2.85. The maximum Gasteiger partial charge on any atom is 0.407 e. The van der Waals surface area contributed by atoms with Gasteiger partial charge in [-0.05, 0) is 70.4 Å². The van der Waals surface area contributed by atoms with Gasteiger partial charge in [0.15, 0.2) is 0 Å². The van der Waals surface area contributed by atoms with Gasteiger partial charge < -0.3 is 14.8 Å². The molecular weight excluding hydrogens is 302 g/mol. The van der Waals surface area contributed by atoms with Gasteiger partial charge in [0.2, 0.25) is 0 Å². The lowest BCUT2D eigenvalue weighted by molar-refractivity contribution is 0.0520. The number of hydrogen-bond donors (Lipinski definition) is 1. The zero-order valence-corrected chi connectivity index (χ0v) is 15.6. The Morgan fingerprint density at radius 1 is 1.33 bits per heavy atom. The lowest BCUT2D eigenvalue weighted by Crippen LogP contribution is -2.35. The second kappa shape index (κ2) is 7.91. The molecule has 1 unspecified atom stereocenters. The molecule has 4 nitrogen and oxygen atoms in total. The lowest BCUT2D eigenvalue weighted by atomic mass is 9.99. The van der Waals surface area contributed by atoms with Crippen LogP contribution in [0.15, 0.2) is 18.2 Å². The Bertz CT molecular complexity index is 558. The van der Waals surface area contributed by atoms with Gasteiger partial charge >= 0.3 is 6.09 Å². The molecule has 1 N–H and O–H groups in total. The number of carbonyl (C=O) groups is 1. The summed E-state index contributed by atoms with van der Waals surface area (Å²) in [5.74, 6) is 2.03. The SMILES string of the molecule is Cc1ccc(OCC2CC2)c(CC(C)CNC(=O)OC(C)(C)C)c1. The maximum absolute atomic E-state index is 11.8. The van der Waals surface area contributed by atoms with E-state index in [4.69, 9.17) is 9.47 Å². The number of ether oxygens (including phenoxy) is 2. The van der Waals surface area contributed by atoms with Gasteiger partial charge in [-0.1, -0.05) is 24.6 Å². The predicted molar refractivity (Wildman–Crippen MR) is 96.5 cm³/mol. The minimum absolute atomic E-state index is 0.308. The second-order valence-electron chi connectivity index (χ2n) is 8.06. The van der Waals surface area contributed by atoms with Crippen LogP contribution in [0.5, 0.6) is 5.75 Å². The number of carbonyl (C=O) groups excluding carboxylic acids is 1. The average Bonchev–Trinajstić information content (AvgIpc) is 3.27. The first kappa shape index (κ1) is 18.6. The Morgan fingerprint density at radius 2 is 2.04 bits per heavy atom. The van der Waals surface area contributed by atoms with Gasteiger partial charge in [0.25, 0.3) is 0 Å². The van der Waals surface area contributed by atoms with E-state index in [0.29, 0.717) is 12.5 Å². The van der Waals surface area contributed by atoms with E-state index < -0.39 is 5.60 Å². The average molecular weight is 333 g/mol. The van der Waals surface area contributed by atoms with Crippen molar-refractivity contribution in [1.82, 2.24) is 5.32 Å². The molecule has 24 heavy (non-hydrogen) atoms. The van der Waals surface area contributed by atoms with Gasteiger partial charge in [-0.15, -0.1) is 0 Å². The van der Waals surface area contributed by atoms with Crippen molar-refractivity contribution in [2.24, 2.45) is 11.8 Å². The Balaban J connectivity index is 1.86. The van der Waals surface area contributed by atoms with Crippen LogP contribution < -0.4 is 10.1 Å². The molecule has 1 atom stereocenters. The largest absolute Gasteiger partial charge is 0.493 e. The van der Waals surface area contributed by atoms with Gasteiger partial charge in [0.05, 0.1) is 6.61 Å². The molecule has 0 heterocycles. The van der Waals surface area contributed by atoms with Gasteiger partial charge in [-0.3, -0.25) is 0 Å². The van der Waals surface area contributed by atoms with E-state index in [-0.39, 0.29) is 6.09 Å². The monoisotopic (exact) mass is 333 g/mol. The zero-order chi connectivity index (χ0) is 17.7. The van der Waals surface area contributed by atoms with Crippen LogP contribution in [0.4, 0.5) is 4.79 Å². The van der Waals surface area contributed by atoms with E-state index in [0.717, 1.165) is 24.7 Å². The summed E-state index contributed by atoms with van der Waals surface area (Å²) < 4.78 is 11.3. The number of nitrogens with one attached hydrogen (secondary N) is 1. The van der Waals surface area contributed by atoms with Crippen LogP contribution >= 0.6 is 0 Å². The Kier molecular flexibility index (Phi) is 6.14. The molecule has 0 radical (unpaired) electrons. The number of alkyl carbamates (subject to hydrolysis) is 1. The van der Waals surface area contributed by atoms with E-state index >= 15 is 0 Å². The Hall–Kier alpha value is -1.71. The van der Waals surface area contributed by atoms with Crippen molar-refractivity contribution < 1.29 is 14.3 Å². The predicted octanol–water partition coefficient (Wildman–Crippen LogP) is 4.49. The van der Waals surface area contributed by atoms with Crippen molar-refractivity contribution in [1.29, 1.82) is 0 Å². The number of amides is 1. The standard InChI is InChI=1S/C20H31NO3/c1-14-6-9-18(23-13-16-7-8-16)17(10-14)11-15(2)12-21-19(22)24-20(3,4)5/h6,9-10,15-16H,7-8,11-13H2,1-5H3,(H,21,22). The molecule has 0 aliphatic heterocycles. The maximum atomic E-state index is 11.8. The normalized spacial score (nSPS) is 15.7. The summed E-state index contributed by atoms with van der Waals surface area (Å²) >= 11 is 0. The number of rotatable bonds is 7. The second-order valence-corrected chi connectivity index (χ2v) is 8.06. The van der Waals surface area contributed by atoms with Crippen LogP contribution in [0.1, 0.15) is 51.7 Å². The first-order valence-corrected chi connectivity index (χ1v) is 8.92. The van der Waals surface area contributed by atoms with Crippen molar-refractivity contribution in [3.05, 3.63) is 29.3 Å². The molecule has 2 rings (SSSR count). The molecule has 1 saturated carbocycles. The van der Waals surface area contributed by atoms with Gasteiger partial charge in [0, 0.05) is 6.54 Å². The molecule has 1 aliphatic rings. The van der Waals surface area contributed by atoms with Crippen LogP contribution in [0.2, 0.25) is 0 Å². The van der Waals surface area contributed by atoms with E-state index in [1.807, 2.05) is 20.8 Å². The Labute approximate surface area is 145 Å². The fourth-order valence-electron chi connectivity index (χ4n) is 2.52. The van der Waals surface area contributed by atoms with E-state index in [9.17, 15) is 4.79 Å². The topological polar surface area (TPSA) is 47.6 Å². The number of benzene rings is 1. The fourth-order valence-corrected chi connectivity index (χ4v) is 2.52. The highest BCUT2D eigenvalue weighted by molar-refractivity contribution is 5.67. The van der Waals surface area contributed by atoms with Crippen LogP contribution in [0, 0.1) is 18.8 Å². The van der Waals surface area contributed by atoms with Gasteiger partial charge in [-0.2, -0.15) is 0 Å². The molecule has 1 fully saturated rings. The van der Waals surface area contributed by atoms with Crippen LogP contribution in [-0.4, -0.2) is 24.8 Å². The van der Waals surface area contributed by atoms with Crippen molar-refractivity contribution >= 4 is 6.09 Å². The van der Waals surface area contributed by atoms with E-state index in [2.05, 4.69) is 37.4 Å². The highest BCUT2D eigenvalue weighted by Gasteiger charge is 2.22. The molecular formula is C20H31NO3. The summed E-state index contributed by atoms with van der Waals surface area (Å²) in [6, 6.07) is 6.35. The van der Waals surface area contributed by atoms with Crippen LogP contribution in [-0.2, 0) is 11.2 Å². The van der Waals surface area contributed by atoms with Crippen LogP contribution in [0.3, 0.4) is 0 Å². The molecule has 1 aromatic carbocycles. The molecule has 0 aromatic heterocycles. The Morgan fingerprint density at radius 3 is 2.67 bits per heavy atom. The highest BCUT2D eigenvalue weighted by atomic mass is 16.6. The summed E-state index contributed by atoms with van der Waals surface area (Å²) in [6.07, 6.45) is 3.09.